The second-order valence-electron chi connectivity index (χ2n) is 7.57. The quantitative estimate of drug-likeness (QED) is 0.891. The molecule has 3 heterocycles. The summed E-state index contributed by atoms with van der Waals surface area (Å²) in [5.74, 6) is 1.65. The summed E-state index contributed by atoms with van der Waals surface area (Å²) in [7, 11) is 1.86. The van der Waals surface area contributed by atoms with E-state index in [9.17, 15) is 9.59 Å². The molecule has 1 saturated carbocycles. The smallest absolute Gasteiger partial charge is 0.267 e. The third kappa shape index (κ3) is 2.73. The van der Waals surface area contributed by atoms with Crippen molar-refractivity contribution in [3.8, 4) is 0 Å². The van der Waals surface area contributed by atoms with Gasteiger partial charge in [0.1, 0.15) is 5.69 Å². The van der Waals surface area contributed by atoms with Gasteiger partial charge in [0.15, 0.2) is 0 Å². The number of aryl methyl sites for hydroxylation is 1. The number of amides is 2. The minimum atomic E-state index is -0.0521. The lowest BCUT2D eigenvalue weighted by Crippen LogP contribution is -2.36. The van der Waals surface area contributed by atoms with Crippen molar-refractivity contribution in [3.63, 3.8) is 0 Å². The van der Waals surface area contributed by atoms with Gasteiger partial charge in [-0.3, -0.25) is 9.59 Å². The zero-order chi connectivity index (χ0) is 16.8. The Morgan fingerprint density at radius 1 is 1.38 bits per heavy atom. The second-order valence-corrected chi connectivity index (χ2v) is 7.57. The first-order valence-corrected chi connectivity index (χ1v) is 8.84. The molecule has 5 atom stereocenters. The molecule has 0 spiro atoms. The number of hydrogen-bond donors (Lipinski definition) is 1. The van der Waals surface area contributed by atoms with Gasteiger partial charge in [0.2, 0.25) is 5.91 Å². The zero-order valence-corrected chi connectivity index (χ0v) is 14.3. The van der Waals surface area contributed by atoms with E-state index in [4.69, 9.17) is 4.74 Å². The van der Waals surface area contributed by atoms with Crippen molar-refractivity contribution in [2.45, 2.75) is 19.4 Å². The third-order valence-corrected chi connectivity index (χ3v) is 5.88. The number of hydrogen-bond acceptors (Lipinski definition) is 3. The van der Waals surface area contributed by atoms with Crippen molar-refractivity contribution in [3.05, 3.63) is 24.0 Å². The monoisotopic (exact) mass is 331 g/mol. The molecule has 2 amide bonds. The van der Waals surface area contributed by atoms with E-state index in [-0.39, 0.29) is 23.8 Å². The van der Waals surface area contributed by atoms with Crippen LogP contribution in [0.1, 0.15) is 23.8 Å². The maximum Gasteiger partial charge on any atom is 0.267 e. The first-order chi connectivity index (χ1) is 11.5. The molecule has 3 fully saturated rings. The van der Waals surface area contributed by atoms with E-state index in [1.807, 2.05) is 34.8 Å². The molecule has 0 aromatic carbocycles. The van der Waals surface area contributed by atoms with Crippen LogP contribution in [0, 0.1) is 23.7 Å². The standard InChI is InChI=1S/C18H25N3O3/c1-11-6-13(11)18(23)21-8-14-12(10-24-16(14)9-21)7-19-17(22)15-4-3-5-20(15)2/h3-5,11-14,16H,6-10H2,1-2H3,(H,19,22)/t11-,12+,13-,14-,16-/m1/s1. The number of nitrogens with zero attached hydrogens (tertiary/aromatic N) is 2. The van der Waals surface area contributed by atoms with Gasteiger partial charge in [0, 0.05) is 50.6 Å². The molecule has 1 aromatic rings. The SMILES string of the molecule is C[C@@H]1C[C@H]1C(=O)N1C[C@@H]2[C@@H](CNC(=O)c3cccn3C)CO[C@@H]2C1. The van der Waals surface area contributed by atoms with Crippen LogP contribution in [0.5, 0.6) is 0 Å². The zero-order valence-electron chi connectivity index (χ0n) is 14.3. The van der Waals surface area contributed by atoms with Gasteiger partial charge in [-0.15, -0.1) is 0 Å². The fourth-order valence-electron chi connectivity index (χ4n) is 4.10. The van der Waals surface area contributed by atoms with Gasteiger partial charge in [-0.05, 0) is 24.5 Å². The highest BCUT2D eigenvalue weighted by Gasteiger charge is 2.49. The Hall–Kier alpha value is -1.82. The van der Waals surface area contributed by atoms with Gasteiger partial charge in [0.05, 0.1) is 12.7 Å². The van der Waals surface area contributed by atoms with Crippen molar-refractivity contribution in [2.75, 3.05) is 26.2 Å². The van der Waals surface area contributed by atoms with E-state index in [1.54, 1.807) is 0 Å². The Bertz CT molecular complexity index is 656. The fraction of sp³-hybridized carbons (Fsp3) is 0.667. The summed E-state index contributed by atoms with van der Waals surface area (Å²) in [6.07, 6.45) is 3.03. The number of fused-ring (bicyclic) bond motifs is 1. The van der Waals surface area contributed by atoms with Crippen molar-refractivity contribution in [1.29, 1.82) is 0 Å². The molecular weight excluding hydrogens is 306 g/mol. The fourth-order valence-corrected chi connectivity index (χ4v) is 4.10. The van der Waals surface area contributed by atoms with Crippen LogP contribution in [0.15, 0.2) is 18.3 Å². The van der Waals surface area contributed by atoms with Gasteiger partial charge in [0.25, 0.3) is 5.91 Å². The first kappa shape index (κ1) is 15.7. The van der Waals surface area contributed by atoms with E-state index in [0.29, 0.717) is 36.6 Å². The molecule has 4 rings (SSSR count). The predicted molar refractivity (Wildman–Crippen MR) is 88.3 cm³/mol. The minimum absolute atomic E-state index is 0.0521. The lowest BCUT2D eigenvalue weighted by Gasteiger charge is -2.20. The van der Waals surface area contributed by atoms with E-state index in [2.05, 4.69) is 12.2 Å². The van der Waals surface area contributed by atoms with Crippen molar-refractivity contribution < 1.29 is 14.3 Å². The van der Waals surface area contributed by atoms with Gasteiger partial charge < -0.3 is 19.5 Å². The van der Waals surface area contributed by atoms with E-state index in [0.717, 1.165) is 19.5 Å². The van der Waals surface area contributed by atoms with Crippen LogP contribution in [-0.2, 0) is 16.6 Å². The molecule has 130 valence electrons. The molecule has 0 radical (unpaired) electrons. The summed E-state index contributed by atoms with van der Waals surface area (Å²) in [6.45, 7) is 4.90. The van der Waals surface area contributed by atoms with Gasteiger partial charge >= 0.3 is 0 Å². The molecule has 1 aliphatic carbocycles. The van der Waals surface area contributed by atoms with Crippen LogP contribution in [-0.4, -0.2) is 53.6 Å². The van der Waals surface area contributed by atoms with Crippen LogP contribution in [0.4, 0.5) is 0 Å². The number of likely N-dealkylation sites (tertiary alicyclic amines) is 1. The van der Waals surface area contributed by atoms with Crippen molar-refractivity contribution >= 4 is 11.8 Å². The predicted octanol–water partition coefficient (Wildman–Crippen LogP) is 0.884. The summed E-state index contributed by atoms with van der Waals surface area (Å²) in [4.78, 5) is 26.6. The maximum atomic E-state index is 12.4. The maximum absolute atomic E-state index is 12.4. The molecular formula is C18H25N3O3. The molecule has 6 nitrogen and oxygen atoms in total. The number of ether oxygens (including phenoxy) is 1. The molecule has 3 aliphatic rings. The van der Waals surface area contributed by atoms with Crippen LogP contribution >= 0.6 is 0 Å². The van der Waals surface area contributed by atoms with Gasteiger partial charge in [-0.25, -0.2) is 0 Å². The minimum Gasteiger partial charge on any atom is -0.376 e. The number of aromatic nitrogens is 1. The van der Waals surface area contributed by atoms with Crippen molar-refractivity contribution in [2.24, 2.45) is 30.7 Å². The lowest BCUT2D eigenvalue weighted by atomic mass is 9.93. The van der Waals surface area contributed by atoms with E-state index >= 15 is 0 Å². The highest BCUT2D eigenvalue weighted by molar-refractivity contribution is 5.92. The van der Waals surface area contributed by atoms with Gasteiger partial charge in [-0.1, -0.05) is 6.92 Å². The Balaban J connectivity index is 1.32. The summed E-state index contributed by atoms with van der Waals surface area (Å²) in [5, 5.41) is 3.02. The third-order valence-electron chi connectivity index (χ3n) is 5.88. The van der Waals surface area contributed by atoms with Gasteiger partial charge in [-0.2, -0.15) is 0 Å². The summed E-state index contributed by atoms with van der Waals surface area (Å²) >= 11 is 0. The molecule has 24 heavy (non-hydrogen) atoms. The van der Waals surface area contributed by atoms with Crippen LogP contribution in [0.25, 0.3) is 0 Å². The molecule has 1 aromatic heterocycles. The number of rotatable bonds is 4. The van der Waals surface area contributed by atoms with Crippen LogP contribution in [0.3, 0.4) is 0 Å². The second kappa shape index (κ2) is 5.92. The van der Waals surface area contributed by atoms with E-state index in [1.165, 1.54) is 0 Å². The van der Waals surface area contributed by atoms with Crippen LogP contribution < -0.4 is 5.32 Å². The average molecular weight is 331 g/mol. The molecule has 0 unspecified atom stereocenters. The average Bonchev–Trinajstić information content (AvgIpc) is 2.94. The highest BCUT2D eigenvalue weighted by Crippen LogP contribution is 2.41. The number of carbonyl (C=O) groups is 2. The Kier molecular flexibility index (Phi) is 3.87. The van der Waals surface area contributed by atoms with E-state index < -0.39 is 0 Å². The molecule has 6 heteroatoms. The normalized spacial score (nSPS) is 34.2. The van der Waals surface area contributed by atoms with Crippen molar-refractivity contribution in [1.82, 2.24) is 14.8 Å². The lowest BCUT2D eigenvalue weighted by molar-refractivity contribution is -0.132. The Labute approximate surface area is 142 Å². The molecule has 2 saturated heterocycles. The summed E-state index contributed by atoms with van der Waals surface area (Å²) in [6, 6.07) is 3.68. The Morgan fingerprint density at radius 3 is 2.83 bits per heavy atom. The number of nitrogens with one attached hydrogen (secondary N) is 1. The Morgan fingerprint density at radius 2 is 2.17 bits per heavy atom. The molecule has 1 N–H and O–H groups in total. The van der Waals surface area contributed by atoms with Crippen LogP contribution in [0.2, 0.25) is 0 Å². The summed E-state index contributed by atoms with van der Waals surface area (Å²) in [5.41, 5.74) is 0.663. The number of carbonyl (C=O) groups excluding carboxylic acids is 2. The topological polar surface area (TPSA) is 63.6 Å². The largest absolute Gasteiger partial charge is 0.376 e. The molecule has 2 aliphatic heterocycles. The first-order valence-electron chi connectivity index (χ1n) is 8.84. The molecule has 0 bridgehead atoms. The summed E-state index contributed by atoms with van der Waals surface area (Å²) < 4.78 is 7.71. The highest BCUT2D eigenvalue weighted by atomic mass is 16.5.